The van der Waals surface area contributed by atoms with Gasteiger partial charge in [-0.2, -0.15) is 0 Å². The molecule has 2 nitrogen and oxygen atoms in total. The van der Waals surface area contributed by atoms with Crippen LogP contribution in [0, 0.1) is 0 Å². The van der Waals surface area contributed by atoms with E-state index in [1.807, 2.05) is 36.5 Å². The first-order valence-corrected chi connectivity index (χ1v) is 7.20. The van der Waals surface area contributed by atoms with Gasteiger partial charge in [0, 0.05) is 5.02 Å². The van der Waals surface area contributed by atoms with Crippen LogP contribution >= 0.6 is 11.6 Å². The summed E-state index contributed by atoms with van der Waals surface area (Å²) in [6.07, 6.45) is 14.6. The molecule has 0 aromatic heterocycles. The maximum atomic E-state index is 11.8. The van der Waals surface area contributed by atoms with Crippen LogP contribution in [0.2, 0.25) is 5.02 Å². The molecule has 0 radical (unpaired) electrons. The zero-order valence-electron chi connectivity index (χ0n) is 12.5. The molecule has 0 aliphatic heterocycles. The van der Waals surface area contributed by atoms with E-state index in [1.54, 1.807) is 43.3 Å². The van der Waals surface area contributed by atoms with Crippen molar-refractivity contribution >= 4 is 17.4 Å². The minimum atomic E-state index is 0. The summed E-state index contributed by atoms with van der Waals surface area (Å²) in [6.45, 7) is 1.56. The number of halogens is 1. The van der Waals surface area contributed by atoms with Crippen LogP contribution in [0.4, 0.5) is 0 Å². The molecular weight excluding hydrogens is 352 g/mol. The molecule has 2 aliphatic rings. The molecule has 0 amide bonds. The molecule has 0 saturated carbocycles. The molecule has 0 fully saturated rings. The average Bonchev–Trinajstić information content (AvgIpc) is 3.21. The zero-order chi connectivity index (χ0) is 15.9. The molecule has 0 unspecified atom stereocenters. The Bertz CT molecular complexity index is 688. The van der Waals surface area contributed by atoms with Crippen molar-refractivity contribution in [1.29, 1.82) is 0 Å². The predicted molar refractivity (Wildman–Crippen MR) is 87.6 cm³/mol. The van der Waals surface area contributed by atoms with Gasteiger partial charge in [-0.05, 0) is 28.8 Å². The van der Waals surface area contributed by atoms with Gasteiger partial charge in [0.2, 0.25) is 0 Å². The van der Waals surface area contributed by atoms with E-state index in [1.165, 1.54) is 0 Å². The second-order valence-electron chi connectivity index (χ2n) is 4.74. The van der Waals surface area contributed by atoms with E-state index in [0.29, 0.717) is 16.2 Å². The van der Waals surface area contributed by atoms with E-state index in [2.05, 4.69) is 0 Å². The molecule has 0 saturated heterocycles. The largest absolute Gasteiger partial charge is 2.00 e. The third-order valence-corrected chi connectivity index (χ3v) is 3.35. The fourth-order valence-electron chi connectivity index (χ4n) is 1.90. The number of allylic oxidation sites excluding steroid dienone is 11. The Morgan fingerprint density at radius 3 is 1.61 bits per heavy atom. The molecular formula is C19H15ClFeO2. The number of hydrogen-bond donors (Lipinski definition) is 0. The first kappa shape index (κ1) is 19.1. The molecule has 2 aliphatic carbocycles. The summed E-state index contributed by atoms with van der Waals surface area (Å²) in [4.78, 5) is 0. The van der Waals surface area contributed by atoms with Crippen molar-refractivity contribution in [2.24, 2.45) is 0 Å². The van der Waals surface area contributed by atoms with Crippen LogP contribution in [0.5, 0.6) is 0 Å². The van der Waals surface area contributed by atoms with Gasteiger partial charge in [0.15, 0.2) is 0 Å². The third kappa shape index (κ3) is 5.65. The molecule has 0 atom stereocenters. The molecule has 1 aromatic carbocycles. The molecule has 23 heavy (non-hydrogen) atoms. The van der Waals surface area contributed by atoms with Crippen molar-refractivity contribution in [1.82, 2.24) is 0 Å². The number of benzene rings is 1. The van der Waals surface area contributed by atoms with Crippen molar-refractivity contribution < 1.29 is 27.3 Å². The first-order valence-electron chi connectivity index (χ1n) is 6.82. The van der Waals surface area contributed by atoms with Crippen LogP contribution in [-0.4, -0.2) is 0 Å². The second kappa shape index (κ2) is 9.26. The van der Waals surface area contributed by atoms with E-state index in [-0.39, 0.29) is 28.6 Å². The van der Waals surface area contributed by atoms with Gasteiger partial charge in [-0.15, -0.1) is 5.76 Å². The Morgan fingerprint density at radius 1 is 0.783 bits per heavy atom. The molecule has 1 aromatic rings. The Hall–Kier alpha value is -1.93. The van der Waals surface area contributed by atoms with Gasteiger partial charge in [0.05, 0.1) is 0 Å². The molecule has 0 N–H and O–H groups in total. The summed E-state index contributed by atoms with van der Waals surface area (Å²) in [5.74, 6) is 0.168. The van der Waals surface area contributed by atoms with Crippen LogP contribution < -0.4 is 10.2 Å². The van der Waals surface area contributed by atoms with Gasteiger partial charge in [-0.3, -0.25) is 0 Å². The topological polar surface area (TPSA) is 46.1 Å². The van der Waals surface area contributed by atoms with Crippen molar-refractivity contribution in [2.45, 2.75) is 6.92 Å². The second-order valence-corrected chi connectivity index (χ2v) is 5.18. The molecule has 0 spiro atoms. The zero-order valence-corrected chi connectivity index (χ0v) is 14.3. The molecule has 0 bridgehead atoms. The van der Waals surface area contributed by atoms with Gasteiger partial charge >= 0.3 is 17.1 Å². The third-order valence-electron chi connectivity index (χ3n) is 3.10. The van der Waals surface area contributed by atoms with Crippen LogP contribution in [0.25, 0.3) is 5.76 Å². The summed E-state index contributed by atoms with van der Waals surface area (Å²) in [7, 11) is 0. The molecule has 0 heterocycles. The minimum Gasteiger partial charge on any atom is -0.875 e. The minimum absolute atomic E-state index is 0. The monoisotopic (exact) mass is 366 g/mol. The van der Waals surface area contributed by atoms with Gasteiger partial charge in [-0.25, -0.2) is 0 Å². The maximum absolute atomic E-state index is 11.8. The summed E-state index contributed by atoms with van der Waals surface area (Å²) in [5.41, 5.74) is 2.18. The van der Waals surface area contributed by atoms with Crippen LogP contribution in [0.3, 0.4) is 0 Å². The smallest absolute Gasteiger partial charge is 0.875 e. The molecule has 4 heteroatoms. The van der Waals surface area contributed by atoms with Crippen LogP contribution in [0.15, 0.2) is 89.8 Å². The summed E-state index contributed by atoms with van der Waals surface area (Å²) < 4.78 is 0. The maximum Gasteiger partial charge on any atom is 2.00 e. The predicted octanol–water partition coefficient (Wildman–Crippen LogP) is 3.28. The van der Waals surface area contributed by atoms with Gasteiger partial charge < -0.3 is 10.2 Å². The van der Waals surface area contributed by atoms with Crippen LogP contribution in [0.1, 0.15) is 12.5 Å². The van der Waals surface area contributed by atoms with Crippen molar-refractivity contribution in [2.75, 3.05) is 0 Å². The number of rotatable bonds is 1. The van der Waals surface area contributed by atoms with E-state index < -0.39 is 0 Å². The van der Waals surface area contributed by atoms with E-state index in [4.69, 9.17) is 11.6 Å². The first-order chi connectivity index (χ1) is 10.6. The standard InChI is InChI=1S/C12H9ClO.C7H8O.Fe/c13-11-7-5-10(6-8-11)12(14)9-3-1-2-4-9;1-6(8)7-4-2-3-5-7;/h1-8,14H;2-5,8H,1H3;/q;;+2/p-2. The summed E-state index contributed by atoms with van der Waals surface area (Å²) in [6, 6.07) is 6.91. The summed E-state index contributed by atoms with van der Waals surface area (Å²) >= 11 is 5.73. The van der Waals surface area contributed by atoms with E-state index in [0.717, 1.165) is 5.57 Å². The van der Waals surface area contributed by atoms with Gasteiger partial charge in [-0.1, -0.05) is 85.0 Å². The van der Waals surface area contributed by atoms with E-state index >= 15 is 0 Å². The van der Waals surface area contributed by atoms with E-state index in [9.17, 15) is 10.2 Å². The molecule has 3 rings (SSSR count). The van der Waals surface area contributed by atoms with Crippen molar-refractivity contribution in [3.05, 3.63) is 100 Å². The normalized spacial score (nSPS) is 13.7. The fourth-order valence-corrected chi connectivity index (χ4v) is 2.03. The van der Waals surface area contributed by atoms with Gasteiger partial charge in [0.1, 0.15) is 0 Å². The van der Waals surface area contributed by atoms with Crippen molar-refractivity contribution in [3.63, 3.8) is 0 Å². The SMILES string of the molecule is CC([O-])=C1C=CC=C1.[Fe+2].[O-]C(=C1C=CC=C1)c1ccc(Cl)cc1. The van der Waals surface area contributed by atoms with Crippen LogP contribution in [-0.2, 0) is 17.1 Å². The quantitative estimate of drug-likeness (QED) is 0.565. The Kier molecular flexibility index (Phi) is 7.70. The Morgan fingerprint density at radius 2 is 1.22 bits per heavy atom. The fraction of sp³-hybridized carbons (Fsp3) is 0.0526. The Labute approximate surface area is 152 Å². The van der Waals surface area contributed by atoms with Crippen molar-refractivity contribution in [3.8, 4) is 0 Å². The molecule has 118 valence electrons. The average molecular weight is 367 g/mol. The summed E-state index contributed by atoms with van der Waals surface area (Å²) in [5, 5.41) is 22.9. The Balaban J connectivity index is 0.000000253. The van der Waals surface area contributed by atoms with Gasteiger partial charge in [0.25, 0.3) is 0 Å². The number of hydrogen-bond acceptors (Lipinski definition) is 2.